The molecule has 3 aromatic rings. The summed E-state index contributed by atoms with van der Waals surface area (Å²) < 4.78 is 5.75. The number of hydrogen-bond donors (Lipinski definition) is 2. The number of carbonyl (C=O) groups is 1. The number of hydrogen-bond acceptors (Lipinski definition) is 5. The molecule has 0 unspecified atom stereocenters. The van der Waals surface area contributed by atoms with Crippen molar-refractivity contribution in [3.8, 4) is 5.75 Å². The Labute approximate surface area is 188 Å². The van der Waals surface area contributed by atoms with E-state index in [2.05, 4.69) is 21.9 Å². The molecule has 0 saturated heterocycles. The number of para-hydroxylation sites is 1. The van der Waals surface area contributed by atoms with Gasteiger partial charge in [-0.1, -0.05) is 66.3 Å². The summed E-state index contributed by atoms with van der Waals surface area (Å²) >= 11 is 7.40. The zero-order chi connectivity index (χ0) is 21.8. The molecule has 0 fully saturated rings. The molecule has 6 nitrogen and oxygen atoms in total. The van der Waals surface area contributed by atoms with Gasteiger partial charge in [-0.25, -0.2) is 4.98 Å². The highest BCUT2D eigenvalue weighted by Gasteiger charge is 2.32. The summed E-state index contributed by atoms with van der Waals surface area (Å²) in [5.74, 6) is 0.842. The number of anilines is 1. The van der Waals surface area contributed by atoms with E-state index in [0.717, 1.165) is 11.1 Å². The van der Waals surface area contributed by atoms with E-state index in [1.165, 1.54) is 11.8 Å². The number of benzene rings is 2. The maximum Gasteiger partial charge on any atom is 0.257 e. The topological polar surface area (TPSA) is 84.1 Å². The van der Waals surface area contributed by atoms with Crippen molar-refractivity contribution in [2.45, 2.75) is 23.2 Å². The Morgan fingerprint density at radius 1 is 1.23 bits per heavy atom. The zero-order valence-corrected chi connectivity index (χ0v) is 18.1. The highest BCUT2D eigenvalue weighted by atomic mass is 35.5. The van der Waals surface area contributed by atoms with E-state index in [1.54, 1.807) is 12.1 Å². The Bertz CT molecular complexity index is 1190. The van der Waals surface area contributed by atoms with Crippen LogP contribution >= 0.6 is 23.4 Å². The zero-order valence-electron chi connectivity index (χ0n) is 16.6. The second kappa shape index (κ2) is 9.41. The Hall–Kier alpha value is -3.03. The minimum atomic E-state index is -0.451. The van der Waals surface area contributed by atoms with Gasteiger partial charge in [0.05, 0.1) is 5.56 Å². The second-order valence-electron chi connectivity index (χ2n) is 6.99. The summed E-state index contributed by atoms with van der Waals surface area (Å²) in [7, 11) is 0. The average molecular weight is 454 g/mol. The molecule has 1 amide bonds. The Morgan fingerprint density at radius 2 is 2.06 bits per heavy atom. The highest BCUT2D eigenvalue weighted by molar-refractivity contribution is 7.98. The standard InChI is InChI=1S/C23H20ClN3O3S/c1-2-10-30-18-9-4-3-8-16(18)17-12-19(28)25-21-20(17)22(29)27-23(26-21)31-13-14-6-5-7-15(24)11-14/h2-9,11,17H,1,10,12-13H2,(H2,25,26,27,28,29)/t17-/m1/s1. The molecule has 0 spiro atoms. The van der Waals surface area contributed by atoms with Gasteiger partial charge in [-0.05, 0) is 23.8 Å². The molecule has 2 aromatic carbocycles. The third-order valence-electron chi connectivity index (χ3n) is 4.85. The number of amides is 1. The first-order chi connectivity index (χ1) is 15.0. The molecule has 1 aromatic heterocycles. The summed E-state index contributed by atoms with van der Waals surface area (Å²) in [5.41, 5.74) is 1.93. The highest BCUT2D eigenvalue weighted by Crippen LogP contribution is 2.38. The van der Waals surface area contributed by atoms with Crippen LogP contribution in [-0.4, -0.2) is 22.5 Å². The largest absolute Gasteiger partial charge is 0.489 e. The Kier molecular flexibility index (Phi) is 6.44. The third-order valence-corrected chi connectivity index (χ3v) is 6.02. The van der Waals surface area contributed by atoms with Crippen LogP contribution in [0, 0.1) is 0 Å². The second-order valence-corrected chi connectivity index (χ2v) is 8.39. The molecule has 0 radical (unpaired) electrons. The number of nitrogens with one attached hydrogen (secondary N) is 2. The summed E-state index contributed by atoms with van der Waals surface area (Å²) in [6.07, 6.45) is 1.79. The first-order valence-corrected chi connectivity index (χ1v) is 11.1. The van der Waals surface area contributed by atoms with Crippen LogP contribution < -0.4 is 15.6 Å². The molecular weight excluding hydrogens is 434 g/mol. The minimum Gasteiger partial charge on any atom is -0.489 e. The number of ether oxygens (including phenoxy) is 1. The summed E-state index contributed by atoms with van der Waals surface area (Å²) in [6, 6.07) is 14.9. The molecule has 1 aliphatic heterocycles. The van der Waals surface area contributed by atoms with Crippen molar-refractivity contribution in [2.24, 2.45) is 0 Å². The molecule has 0 saturated carbocycles. The number of nitrogens with zero attached hydrogens (tertiary/aromatic N) is 1. The lowest BCUT2D eigenvalue weighted by molar-refractivity contribution is -0.116. The fourth-order valence-electron chi connectivity index (χ4n) is 3.51. The first kappa shape index (κ1) is 21.2. The predicted molar refractivity (Wildman–Crippen MR) is 123 cm³/mol. The van der Waals surface area contributed by atoms with Crippen molar-refractivity contribution in [1.29, 1.82) is 0 Å². The van der Waals surface area contributed by atoms with Gasteiger partial charge >= 0.3 is 0 Å². The number of carbonyl (C=O) groups excluding carboxylic acids is 1. The van der Waals surface area contributed by atoms with Crippen LogP contribution in [0.5, 0.6) is 5.75 Å². The van der Waals surface area contributed by atoms with Gasteiger partial charge in [0.15, 0.2) is 5.16 Å². The van der Waals surface area contributed by atoms with Gasteiger partial charge in [0.2, 0.25) is 5.91 Å². The fraction of sp³-hybridized carbons (Fsp3) is 0.174. The Balaban J connectivity index is 1.66. The predicted octanol–water partition coefficient (Wildman–Crippen LogP) is 4.75. The molecule has 0 bridgehead atoms. The van der Waals surface area contributed by atoms with Crippen molar-refractivity contribution in [1.82, 2.24) is 9.97 Å². The van der Waals surface area contributed by atoms with E-state index in [1.807, 2.05) is 42.5 Å². The summed E-state index contributed by atoms with van der Waals surface area (Å²) in [4.78, 5) is 32.8. The van der Waals surface area contributed by atoms with Gasteiger partial charge in [0, 0.05) is 28.7 Å². The van der Waals surface area contributed by atoms with Crippen LogP contribution in [0.1, 0.15) is 29.0 Å². The molecule has 0 aliphatic carbocycles. The van der Waals surface area contributed by atoms with E-state index >= 15 is 0 Å². The van der Waals surface area contributed by atoms with Crippen molar-refractivity contribution in [3.05, 3.63) is 93.3 Å². The van der Waals surface area contributed by atoms with E-state index in [4.69, 9.17) is 16.3 Å². The molecule has 4 rings (SSSR count). The molecule has 31 heavy (non-hydrogen) atoms. The number of halogens is 1. The van der Waals surface area contributed by atoms with Crippen LogP contribution in [0.25, 0.3) is 0 Å². The van der Waals surface area contributed by atoms with Crippen LogP contribution in [0.2, 0.25) is 5.02 Å². The number of aromatic nitrogens is 2. The molecule has 1 atom stereocenters. The van der Waals surface area contributed by atoms with Gasteiger partial charge in [0.1, 0.15) is 18.2 Å². The monoisotopic (exact) mass is 453 g/mol. The van der Waals surface area contributed by atoms with E-state index < -0.39 is 5.92 Å². The van der Waals surface area contributed by atoms with Gasteiger partial charge in [-0.15, -0.1) is 0 Å². The smallest absolute Gasteiger partial charge is 0.257 e. The average Bonchev–Trinajstić information content (AvgIpc) is 2.75. The van der Waals surface area contributed by atoms with Crippen molar-refractivity contribution in [2.75, 3.05) is 11.9 Å². The van der Waals surface area contributed by atoms with E-state index in [0.29, 0.717) is 33.9 Å². The number of aromatic amines is 1. The summed E-state index contributed by atoms with van der Waals surface area (Å²) in [6.45, 7) is 4.00. The lowest BCUT2D eigenvalue weighted by atomic mass is 9.86. The quantitative estimate of drug-likeness (QED) is 0.306. The SMILES string of the molecule is C=CCOc1ccccc1[C@H]1CC(=O)Nc2nc(SCc3cccc(Cl)c3)[nH]c(=O)c21. The van der Waals surface area contributed by atoms with Crippen LogP contribution in [-0.2, 0) is 10.5 Å². The van der Waals surface area contributed by atoms with Crippen molar-refractivity contribution < 1.29 is 9.53 Å². The molecule has 8 heteroatoms. The lowest BCUT2D eigenvalue weighted by Gasteiger charge is -2.26. The molecular formula is C23H20ClN3O3S. The Morgan fingerprint density at radius 3 is 2.87 bits per heavy atom. The number of fused-ring (bicyclic) bond motifs is 1. The van der Waals surface area contributed by atoms with Gasteiger partial charge in [-0.3, -0.25) is 9.59 Å². The van der Waals surface area contributed by atoms with Crippen molar-refractivity contribution >= 4 is 35.1 Å². The lowest BCUT2D eigenvalue weighted by Crippen LogP contribution is -2.31. The number of thioether (sulfide) groups is 1. The first-order valence-electron chi connectivity index (χ1n) is 9.69. The van der Waals surface area contributed by atoms with Gasteiger partial charge < -0.3 is 15.0 Å². The van der Waals surface area contributed by atoms with Crippen LogP contribution in [0.15, 0.2) is 71.1 Å². The maximum atomic E-state index is 13.0. The number of rotatable bonds is 7. The van der Waals surface area contributed by atoms with Gasteiger partial charge in [0.25, 0.3) is 5.56 Å². The maximum absolute atomic E-state index is 13.0. The number of H-pyrrole nitrogens is 1. The molecule has 2 N–H and O–H groups in total. The van der Waals surface area contributed by atoms with Crippen LogP contribution in [0.4, 0.5) is 5.82 Å². The third kappa shape index (κ3) is 4.84. The molecule has 2 heterocycles. The van der Waals surface area contributed by atoms with Crippen molar-refractivity contribution in [3.63, 3.8) is 0 Å². The van der Waals surface area contributed by atoms with E-state index in [9.17, 15) is 9.59 Å². The van der Waals surface area contributed by atoms with Crippen LogP contribution in [0.3, 0.4) is 0 Å². The fourth-order valence-corrected chi connectivity index (χ4v) is 4.53. The van der Waals surface area contributed by atoms with Gasteiger partial charge in [-0.2, -0.15) is 0 Å². The molecule has 158 valence electrons. The van der Waals surface area contributed by atoms with E-state index in [-0.39, 0.29) is 23.7 Å². The normalized spacial score (nSPS) is 15.1. The molecule has 1 aliphatic rings. The summed E-state index contributed by atoms with van der Waals surface area (Å²) in [5, 5.41) is 3.83. The minimum absolute atomic E-state index is 0.140.